The molecular weight excluding hydrogens is 373 g/mol. The highest BCUT2D eigenvalue weighted by Crippen LogP contribution is 2.29. The van der Waals surface area contributed by atoms with E-state index < -0.39 is 0 Å². The Balaban J connectivity index is 2.10. The Bertz CT molecular complexity index is 814. The molecule has 3 nitrogen and oxygen atoms in total. The predicted molar refractivity (Wildman–Crippen MR) is 91.1 cm³/mol. The van der Waals surface area contributed by atoms with Crippen LogP contribution in [0.5, 0.6) is 0 Å². The minimum absolute atomic E-state index is 0.498. The molecule has 0 radical (unpaired) electrons. The second-order valence-corrected chi connectivity index (χ2v) is 6.23. The molecule has 21 heavy (non-hydrogen) atoms. The number of nitrogens with zero attached hydrogens (tertiary/aromatic N) is 2. The first-order valence-electron chi connectivity index (χ1n) is 6.11. The van der Waals surface area contributed by atoms with E-state index in [1.54, 1.807) is 22.9 Å². The van der Waals surface area contributed by atoms with Crippen molar-refractivity contribution in [1.29, 1.82) is 0 Å². The molecule has 3 rings (SSSR count). The molecule has 0 unspecified atom stereocenters. The average molecular weight is 383 g/mol. The molecule has 1 heterocycles. The summed E-state index contributed by atoms with van der Waals surface area (Å²) in [5.41, 5.74) is 8.50. The van der Waals surface area contributed by atoms with E-state index in [1.807, 2.05) is 30.3 Å². The molecule has 0 saturated carbocycles. The summed E-state index contributed by atoms with van der Waals surface area (Å²) >= 11 is 15.6. The quantitative estimate of drug-likeness (QED) is 0.662. The molecule has 2 aromatic carbocycles. The van der Waals surface area contributed by atoms with Crippen LogP contribution in [0.3, 0.4) is 0 Å². The molecule has 6 heteroatoms. The van der Waals surface area contributed by atoms with Crippen molar-refractivity contribution in [2.75, 3.05) is 5.73 Å². The Hall–Kier alpha value is -1.49. The number of anilines is 1. The van der Waals surface area contributed by atoms with Crippen molar-refractivity contribution in [3.05, 3.63) is 63.0 Å². The summed E-state index contributed by atoms with van der Waals surface area (Å²) in [7, 11) is 0. The number of nitrogen functional groups attached to an aromatic ring is 1. The second kappa shape index (κ2) is 5.72. The highest BCUT2D eigenvalue weighted by atomic mass is 79.9. The molecule has 0 fully saturated rings. The Kier molecular flexibility index (Phi) is 3.93. The van der Waals surface area contributed by atoms with Gasteiger partial charge in [-0.2, -0.15) is 5.10 Å². The Labute approximate surface area is 140 Å². The number of hydrogen-bond donors (Lipinski definition) is 1. The molecule has 0 saturated heterocycles. The number of halogens is 3. The van der Waals surface area contributed by atoms with E-state index in [9.17, 15) is 0 Å². The molecule has 2 N–H and O–H groups in total. The van der Waals surface area contributed by atoms with Crippen LogP contribution >= 0.6 is 39.1 Å². The van der Waals surface area contributed by atoms with Crippen LogP contribution < -0.4 is 5.73 Å². The number of nitrogens with two attached hydrogens (primary N) is 1. The predicted octanol–water partition coefficient (Wildman–Crippen LogP) is 5.19. The van der Waals surface area contributed by atoms with Gasteiger partial charge in [-0.1, -0.05) is 51.3 Å². The van der Waals surface area contributed by atoms with Crippen molar-refractivity contribution >= 4 is 44.9 Å². The van der Waals surface area contributed by atoms with Crippen molar-refractivity contribution in [3.8, 4) is 16.9 Å². The van der Waals surface area contributed by atoms with Crippen LogP contribution in [0.25, 0.3) is 16.9 Å². The van der Waals surface area contributed by atoms with Crippen molar-refractivity contribution in [2.24, 2.45) is 0 Å². The van der Waals surface area contributed by atoms with Crippen LogP contribution in [0.4, 0.5) is 5.82 Å². The van der Waals surface area contributed by atoms with Crippen LogP contribution in [0.1, 0.15) is 0 Å². The third-order valence-electron chi connectivity index (χ3n) is 3.00. The SMILES string of the molecule is Nc1cc(-c2cccc(Br)c2)nn1-c1ccc(Cl)cc1Cl. The minimum atomic E-state index is 0.498. The lowest BCUT2D eigenvalue weighted by molar-refractivity contribution is 0.895. The molecule has 0 aliphatic rings. The van der Waals surface area contributed by atoms with E-state index in [0.717, 1.165) is 15.7 Å². The third kappa shape index (κ3) is 2.93. The fourth-order valence-electron chi connectivity index (χ4n) is 2.03. The number of benzene rings is 2. The Morgan fingerprint density at radius 3 is 2.57 bits per heavy atom. The van der Waals surface area contributed by atoms with E-state index in [-0.39, 0.29) is 0 Å². The molecule has 0 aliphatic heterocycles. The second-order valence-electron chi connectivity index (χ2n) is 4.47. The maximum Gasteiger partial charge on any atom is 0.127 e. The first-order chi connectivity index (χ1) is 10.0. The number of aromatic nitrogens is 2. The molecule has 3 aromatic rings. The maximum atomic E-state index is 6.21. The summed E-state index contributed by atoms with van der Waals surface area (Å²) in [4.78, 5) is 0. The van der Waals surface area contributed by atoms with Gasteiger partial charge in [0.1, 0.15) is 5.82 Å². The summed E-state index contributed by atoms with van der Waals surface area (Å²) < 4.78 is 2.59. The molecule has 106 valence electrons. The minimum Gasteiger partial charge on any atom is -0.384 e. The number of rotatable bonds is 2. The van der Waals surface area contributed by atoms with Gasteiger partial charge in [0.25, 0.3) is 0 Å². The van der Waals surface area contributed by atoms with Crippen molar-refractivity contribution < 1.29 is 0 Å². The Morgan fingerprint density at radius 2 is 1.86 bits per heavy atom. The first-order valence-corrected chi connectivity index (χ1v) is 7.66. The molecule has 0 bridgehead atoms. The van der Waals surface area contributed by atoms with Gasteiger partial charge in [0.05, 0.1) is 16.4 Å². The van der Waals surface area contributed by atoms with Gasteiger partial charge in [0.15, 0.2) is 0 Å². The topological polar surface area (TPSA) is 43.8 Å². The van der Waals surface area contributed by atoms with Crippen LogP contribution in [0.15, 0.2) is 53.0 Å². The fourth-order valence-corrected chi connectivity index (χ4v) is 2.92. The molecule has 0 amide bonds. The molecule has 0 aliphatic carbocycles. The zero-order valence-electron chi connectivity index (χ0n) is 10.7. The van der Waals surface area contributed by atoms with Crippen LogP contribution in [-0.2, 0) is 0 Å². The smallest absolute Gasteiger partial charge is 0.127 e. The van der Waals surface area contributed by atoms with Gasteiger partial charge in [-0.25, -0.2) is 4.68 Å². The summed E-state index contributed by atoms with van der Waals surface area (Å²) in [6.45, 7) is 0. The zero-order valence-corrected chi connectivity index (χ0v) is 13.8. The lowest BCUT2D eigenvalue weighted by Gasteiger charge is -2.06. The van der Waals surface area contributed by atoms with Gasteiger partial charge in [-0.15, -0.1) is 0 Å². The van der Waals surface area contributed by atoms with Gasteiger partial charge in [0, 0.05) is 21.1 Å². The normalized spacial score (nSPS) is 10.8. The first kappa shape index (κ1) is 14.4. The monoisotopic (exact) mass is 381 g/mol. The molecule has 0 atom stereocenters. The third-order valence-corrected chi connectivity index (χ3v) is 4.03. The van der Waals surface area contributed by atoms with E-state index in [2.05, 4.69) is 21.0 Å². The lowest BCUT2D eigenvalue weighted by atomic mass is 10.2. The highest BCUT2D eigenvalue weighted by Gasteiger charge is 2.12. The fraction of sp³-hybridized carbons (Fsp3) is 0. The highest BCUT2D eigenvalue weighted by molar-refractivity contribution is 9.10. The van der Waals surface area contributed by atoms with Crippen molar-refractivity contribution in [2.45, 2.75) is 0 Å². The van der Waals surface area contributed by atoms with E-state index in [0.29, 0.717) is 21.6 Å². The van der Waals surface area contributed by atoms with E-state index in [4.69, 9.17) is 28.9 Å². The average Bonchev–Trinajstić information content (AvgIpc) is 2.81. The number of hydrogen-bond acceptors (Lipinski definition) is 2. The summed E-state index contributed by atoms with van der Waals surface area (Å²) in [6.07, 6.45) is 0. The van der Waals surface area contributed by atoms with Crippen LogP contribution in [0.2, 0.25) is 10.0 Å². The summed E-state index contributed by atoms with van der Waals surface area (Å²) in [5.74, 6) is 0.509. The standard InChI is InChI=1S/C15H10BrCl2N3/c16-10-3-1-2-9(6-10)13-8-15(19)21(20-13)14-5-4-11(17)7-12(14)18/h1-8H,19H2. The van der Waals surface area contributed by atoms with Crippen molar-refractivity contribution in [3.63, 3.8) is 0 Å². The Morgan fingerprint density at radius 1 is 1.05 bits per heavy atom. The maximum absolute atomic E-state index is 6.21. The van der Waals surface area contributed by atoms with E-state index >= 15 is 0 Å². The van der Waals surface area contributed by atoms with Gasteiger partial charge in [-0.05, 0) is 30.3 Å². The van der Waals surface area contributed by atoms with Crippen LogP contribution in [0, 0.1) is 0 Å². The van der Waals surface area contributed by atoms with Gasteiger partial charge >= 0.3 is 0 Å². The molecule has 1 aromatic heterocycles. The van der Waals surface area contributed by atoms with E-state index in [1.165, 1.54) is 0 Å². The van der Waals surface area contributed by atoms with Gasteiger partial charge in [-0.3, -0.25) is 0 Å². The van der Waals surface area contributed by atoms with Gasteiger partial charge in [0.2, 0.25) is 0 Å². The molecule has 0 spiro atoms. The summed E-state index contributed by atoms with van der Waals surface area (Å²) in [5, 5.41) is 5.59. The van der Waals surface area contributed by atoms with Crippen molar-refractivity contribution in [1.82, 2.24) is 9.78 Å². The summed E-state index contributed by atoms with van der Waals surface area (Å²) in [6, 6.07) is 14.9. The zero-order chi connectivity index (χ0) is 15.0. The van der Waals surface area contributed by atoms with Gasteiger partial charge < -0.3 is 5.73 Å². The lowest BCUT2D eigenvalue weighted by Crippen LogP contribution is -2.02. The largest absolute Gasteiger partial charge is 0.384 e. The van der Waals surface area contributed by atoms with Crippen LogP contribution in [-0.4, -0.2) is 9.78 Å². The molecular formula is C15H10BrCl2N3.